The molecule has 0 aromatic carbocycles. The lowest BCUT2D eigenvalue weighted by Gasteiger charge is -2.38. The molecule has 4 heteroatoms. The Morgan fingerprint density at radius 2 is 1.12 bits per heavy atom. The van der Waals surface area contributed by atoms with Crippen molar-refractivity contribution in [3.63, 3.8) is 0 Å². The quantitative estimate of drug-likeness (QED) is 0.586. The van der Waals surface area contributed by atoms with Crippen molar-refractivity contribution in [2.75, 3.05) is 25.6 Å². The van der Waals surface area contributed by atoms with Gasteiger partial charge in [0.2, 0.25) is 0 Å². The second-order valence-corrected chi connectivity index (χ2v) is 5.78. The molecule has 0 heterocycles. The van der Waals surface area contributed by atoms with E-state index in [0.717, 1.165) is 18.6 Å². The predicted molar refractivity (Wildman–Crippen MR) is 71.4 cm³/mol. The Bertz CT molecular complexity index is 143. The van der Waals surface area contributed by atoms with Gasteiger partial charge in [-0.1, -0.05) is 26.7 Å². The summed E-state index contributed by atoms with van der Waals surface area (Å²) < 4.78 is 17.4. The van der Waals surface area contributed by atoms with Crippen LogP contribution in [0.2, 0.25) is 0 Å². The van der Waals surface area contributed by atoms with Gasteiger partial charge in [0.1, 0.15) is 0 Å². The molecule has 0 atom stereocenters. The van der Waals surface area contributed by atoms with Gasteiger partial charge in [0.25, 0.3) is 0 Å². The molecule has 0 fully saturated rings. The van der Waals surface area contributed by atoms with Gasteiger partial charge in [0.15, 0.2) is 0 Å². The molecule has 0 aliphatic heterocycles. The minimum absolute atomic E-state index is 0.625. The van der Waals surface area contributed by atoms with Gasteiger partial charge < -0.3 is 0 Å². The van der Waals surface area contributed by atoms with E-state index >= 15 is 0 Å². The molecule has 0 aromatic heterocycles. The molecule has 0 unspecified atom stereocenters. The zero-order chi connectivity index (χ0) is 12.4. The Morgan fingerprint density at radius 3 is 1.38 bits per heavy atom. The Labute approximate surface area is 103 Å². The molecule has 0 aliphatic carbocycles. The molecule has 0 saturated carbocycles. The van der Waals surface area contributed by atoms with Gasteiger partial charge in [-0.15, -0.1) is 0 Å². The Kier molecular flexibility index (Phi) is 9.41. The van der Waals surface area contributed by atoms with Crippen LogP contribution in [0.1, 0.15) is 47.5 Å². The van der Waals surface area contributed by atoms with Gasteiger partial charge in [0.05, 0.1) is 30.7 Å². The number of hydrogen-bond donors (Lipinski definition) is 0. The maximum absolute atomic E-state index is 5.78. The van der Waals surface area contributed by atoms with E-state index in [2.05, 4.69) is 13.8 Å². The maximum Gasteiger partial charge on any atom is 0.0890 e. The summed E-state index contributed by atoms with van der Waals surface area (Å²) in [5.41, 5.74) is 0. The van der Waals surface area contributed by atoms with Gasteiger partial charge in [-0.2, -0.15) is 0 Å². The molecule has 0 N–H and O–H groups in total. The van der Waals surface area contributed by atoms with E-state index in [4.69, 9.17) is 12.5 Å². The molecule has 0 saturated heterocycles. The van der Waals surface area contributed by atoms with Crippen molar-refractivity contribution in [2.24, 2.45) is 5.92 Å². The summed E-state index contributed by atoms with van der Waals surface area (Å²) in [4.78, 5) is 0. The third-order valence-electron chi connectivity index (χ3n) is 2.49. The molecule has 0 radical (unpaired) electrons. The van der Waals surface area contributed by atoms with Crippen molar-refractivity contribution in [2.45, 2.75) is 47.5 Å². The fraction of sp³-hybridized carbons (Fsp3) is 1.00. The highest BCUT2D eigenvalue weighted by Crippen LogP contribution is 2.53. The fourth-order valence-corrected chi connectivity index (χ4v) is 4.22. The first kappa shape index (κ1) is 16.2. The van der Waals surface area contributed by atoms with Crippen LogP contribution in [0.25, 0.3) is 0 Å². The van der Waals surface area contributed by atoms with Gasteiger partial charge in [0, 0.05) is 5.75 Å². The number of rotatable bonds is 10. The van der Waals surface area contributed by atoms with Crippen LogP contribution in [0.3, 0.4) is 0 Å². The van der Waals surface area contributed by atoms with Crippen LogP contribution in [-0.2, 0) is 12.5 Å². The van der Waals surface area contributed by atoms with Crippen LogP contribution < -0.4 is 0 Å². The van der Waals surface area contributed by atoms with Crippen molar-refractivity contribution < 1.29 is 12.5 Å². The van der Waals surface area contributed by atoms with Gasteiger partial charge in [-0.05, 0) is 26.7 Å². The first-order valence-corrected chi connectivity index (χ1v) is 7.99. The van der Waals surface area contributed by atoms with E-state index in [9.17, 15) is 0 Å². The van der Waals surface area contributed by atoms with Gasteiger partial charge >= 0.3 is 0 Å². The summed E-state index contributed by atoms with van der Waals surface area (Å²) in [7, 11) is -1.77. The third kappa shape index (κ3) is 5.53. The van der Waals surface area contributed by atoms with E-state index in [-0.39, 0.29) is 0 Å². The normalized spacial score (nSPS) is 13.4. The molecule has 0 aromatic rings. The van der Waals surface area contributed by atoms with Crippen molar-refractivity contribution in [1.29, 1.82) is 0 Å². The minimum atomic E-state index is -1.77. The summed E-state index contributed by atoms with van der Waals surface area (Å²) in [6.07, 6.45) is 2.30. The molecule has 0 bridgehead atoms. The van der Waals surface area contributed by atoms with Gasteiger partial charge in [-0.3, -0.25) is 12.5 Å². The molecule has 0 aliphatic rings. The van der Waals surface area contributed by atoms with E-state index in [1.54, 1.807) is 0 Å². The second kappa shape index (κ2) is 9.28. The predicted octanol–water partition coefficient (Wildman–Crippen LogP) is 4.08. The van der Waals surface area contributed by atoms with E-state index in [1.165, 1.54) is 0 Å². The lowest BCUT2D eigenvalue weighted by atomic mass is 10.1. The highest BCUT2D eigenvalue weighted by Gasteiger charge is 2.29. The molecule has 16 heavy (non-hydrogen) atoms. The van der Waals surface area contributed by atoms with Crippen LogP contribution >= 0.6 is 10.9 Å². The molecule has 3 nitrogen and oxygen atoms in total. The summed E-state index contributed by atoms with van der Waals surface area (Å²) in [5.74, 6) is 1.52. The molecular formula is C12H28O3S. The SMILES string of the molecule is CCOS(CC(CC)CC)(OCC)OCC. The average molecular weight is 252 g/mol. The van der Waals surface area contributed by atoms with Crippen LogP contribution in [0.15, 0.2) is 0 Å². The first-order valence-electron chi connectivity index (χ1n) is 6.41. The summed E-state index contributed by atoms with van der Waals surface area (Å²) in [5, 5.41) is 0. The zero-order valence-electron chi connectivity index (χ0n) is 11.5. The topological polar surface area (TPSA) is 27.7 Å². The molecular weight excluding hydrogens is 224 g/mol. The Morgan fingerprint density at radius 1 is 0.750 bits per heavy atom. The highest BCUT2D eigenvalue weighted by molar-refractivity contribution is 8.21. The van der Waals surface area contributed by atoms with E-state index in [1.807, 2.05) is 20.8 Å². The van der Waals surface area contributed by atoms with E-state index in [0.29, 0.717) is 25.7 Å². The molecule has 0 spiro atoms. The summed E-state index contributed by atoms with van der Waals surface area (Å²) >= 11 is 0. The van der Waals surface area contributed by atoms with Crippen LogP contribution in [0.5, 0.6) is 0 Å². The molecule has 0 rings (SSSR count). The van der Waals surface area contributed by atoms with Crippen LogP contribution in [-0.4, -0.2) is 25.6 Å². The Hall–Kier alpha value is 0.230. The second-order valence-electron chi connectivity index (χ2n) is 3.63. The average Bonchev–Trinajstić information content (AvgIpc) is 2.27. The zero-order valence-corrected chi connectivity index (χ0v) is 12.3. The van der Waals surface area contributed by atoms with Crippen LogP contribution in [0.4, 0.5) is 0 Å². The van der Waals surface area contributed by atoms with Crippen molar-refractivity contribution in [1.82, 2.24) is 0 Å². The summed E-state index contributed by atoms with van der Waals surface area (Å²) in [6.45, 7) is 12.3. The number of hydrogen-bond acceptors (Lipinski definition) is 3. The largest absolute Gasteiger partial charge is 0.293 e. The molecule has 0 amide bonds. The standard InChI is InChI=1S/C12H28O3S/c1-6-12(7-2)11-16(13-8-3,14-9-4)15-10-5/h12H,6-11H2,1-5H3. The molecule has 100 valence electrons. The van der Waals surface area contributed by atoms with Crippen molar-refractivity contribution >= 4 is 10.9 Å². The maximum atomic E-state index is 5.78. The fourth-order valence-electron chi connectivity index (χ4n) is 1.60. The van der Waals surface area contributed by atoms with E-state index < -0.39 is 10.9 Å². The third-order valence-corrected chi connectivity index (χ3v) is 5.15. The smallest absolute Gasteiger partial charge is 0.0890 e. The highest BCUT2D eigenvalue weighted by atomic mass is 32.3. The Balaban J connectivity index is 4.56. The van der Waals surface area contributed by atoms with Crippen LogP contribution in [0, 0.1) is 5.92 Å². The van der Waals surface area contributed by atoms with Gasteiger partial charge in [-0.25, -0.2) is 0 Å². The lowest BCUT2D eigenvalue weighted by Crippen LogP contribution is -2.21. The summed E-state index contributed by atoms with van der Waals surface area (Å²) in [6, 6.07) is 0. The van der Waals surface area contributed by atoms with Crippen molar-refractivity contribution in [3.05, 3.63) is 0 Å². The minimum Gasteiger partial charge on any atom is -0.293 e. The lowest BCUT2D eigenvalue weighted by molar-refractivity contribution is 0.181. The monoisotopic (exact) mass is 252 g/mol. The van der Waals surface area contributed by atoms with Crippen molar-refractivity contribution in [3.8, 4) is 0 Å². The first-order chi connectivity index (χ1) is 7.67.